The molecule has 3 aromatic rings. The average Bonchev–Trinajstić information content (AvgIpc) is 2.99. The van der Waals surface area contributed by atoms with Gasteiger partial charge < -0.3 is 14.8 Å². The molecule has 3 rings (SSSR count). The van der Waals surface area contributed by atoms with Crippen LogP contribution in [0.3, 0.4) is 0 Å². The fraction of sp³-hybridized carbons (Fsp3) is 0.333. The molecule has 0 aliphatic heterocycles. The van der Waals surface area contributed by atoms with Gasteiger partial charge in [0, 0.05) is 28.4 Å². The minimum absolute atomic E-state index is 0.600. The number of aliphatic carboxylic acids is 1. The smallest absolute Gasteiger partial charge is 0.337 e. The van der Waals surface area contributed by atoms with Gasteiger partial charge in [0.25, 0.3) is 0 Å². The molecule has 0 radical (unpaired) electrons. The van der Waals surface area contributed by atoms with Crippen LogP contribution in [0.1, 0.15) is 43.7 Å². The Bertz CT molecular complexity index is 950. The van der Waals surface area contributed by atoms with Crippen molar-refractivity contribution in [3.8, 4) is 11.1 Å². The van der Waals surface area contributed by atoms with Crippen molar-refractivity contribution in [2.75, 3.05) is 0 Å². The number of rotatable bonds is 4. The number of nitrogens with zero attached hydrogens (tertiary/aromatic N) is 1. The highest BCUT2D eigenvalue weighted by molar-refractivity contribution is 5.97. The molecule has 1 unspecified atom stereocenters. The van der Waals surface area contributed by atoms with Gasteiger partial charge in [-0.05, 0) is 46.2 Å². The zero-order chi connectivity index (χ0) is 19.1. The number of aryl methyl sites for hydroxylation is 2. The highest BCUT2D eigenvalue weighted by Gasteiger charge is 2.32. The number of pyridine rings is 1. The van der Waals surface area contributed by atoms with E-state index in [1.165, 1.54) is 0 Å². The minimum Gasteiger partial charge on any atom is -0.479 e. The van der Waals surface area contributed by atoms with E-state index in [1.807, 2.05) is 71.1 Å². The van der Waals surface area contributed by atoms with Gasteiger partial charge in [0.2, 0.25) is 0 Å². The summed E-state index contributed by atoms with van der Waals surface area (Å²) in [5, 5.41) is 10.8. The molecule has 5 heteroatoms. The first-order valence-electron chi connectivity index (χ1n) is 8.62. The predicted octanol–water partition coefficient (Wildman–Crippen LogP) is 4.79. The monoisotopic (exact) mass is 352 g/mol. The molecule has 2 heterocycles. The molecule has 136 valence electrons. The molecule has 1 aromatic carbocycles. The van der Waals surface area contributed by atoms with Crippen molar-refractivity contribution in [3.05, 3.63) is 53.3 Å². The van der Waals surface area contributed by atoms with E-state index in [2.05, 4.69) is 9.97 Å². The van der Waals surface area contributed by atoms with Crippen LogP contribution in [-0.4, -0.2) is 26.6 Å². The molecule has 0 aliphatic rings. The number of nitrogens with one attached hydrogen (secondary N) is 1. The molecule has 0 spiro atoms. The lowest BCUT2D eigenvalue weighted by Gasteiger charge is -2.27. The summed E-state index contributed by atoms with van der Waals surface area (Å²) < 4.78 is 5.93. The largest absolute Gasteiger partial charge is 0.479 e. The lowest BCUT2D eigenvalue weighted by molar-refractivity contribution is -0.160. The minimum atomic E-state index is -1.10. The number of aromatic nitrogens is 2. The summed E-state index contributed by atoms with van der Waals surface area (Å²) in [6.07, 6.45) is 0.719. The Hall–Kier alpha value is -2.66. The summed E-state index contributed by atoms with van der Waals surface area (Å²) in [6.45, 7) is 9.41. The van der Waals surface area contributed by atoms with E-state index in [0.29, 0.717) is 11.3 Å². The highest BCUT2D eigenvalue weighted by Crippen LogP contribution is 2.39. The Balaban J connectivity index is 2.33. The summed E-state index contributed by atoms with van der Waals surface area (Å²) in [4.78, 5) is 19.8. The van der Waals surface area contributed by atoms with Crippen molar-refractivity contribution in [1.29, 1.82) is 0 Å². The molecule has 5 nitrogen and oxygen atoms in total. The number of hydrogen-bond acceptors (Lipinski definition) is 3. The van der Waals surface area contributed by atoms with Crippen LogP contribution in [0.25, 0.3) is 22.2 Å². The third-order valence-electron chi connectivity index (χ3n) is 4.23. The van der Waals surface area contributed by atoms with Crippen molar-refractivity contribution in [3.63, 3.8) is 0 Å². The van der Waals surface area contributed by atoms with E-state index in [1.54, 1.807) is 0 Å². The number of carbonyl (C=O) groups is 1. The predicted molar refractivity (Wildman–Crippen MR) is 102 cm³/mol. The van der Waals surface area contributed by atoms with E-state index in [-0.39, 0.29) is 0 Å². The number of ether oxygens (including phenoxy) is 1. The standard InChI is InChI=1S/C21H24N2O3/c1-12-6-8-14(9-7-12)17-15-10-11-22-19(15)23-13(2)16(17)18(20(24)25)26-21(3,4)5/h6-11,18H,1-5H3,(H,22,23)(H,24,25). The summed E-state index contributed by atoms with van der Waals surface area (Å²) >= 11 is 0. The Morgan fingerprint density at radius 1 is 1.15 bits per heavy atom. The van der Waals surface area contributed by atoms with Crippen molar-refractivity contribution in [2.24, 2.45) is 0 Å². The van der Waals surface area contributed by atoms with Crippen molar-refractivity contribution < 1.29 is 14.6 Å². The zero-order valence-corrected chi connectivity index (χ0v) is 15.8. The Morgan fingerprint density at radius 3 is 2.38 bits per heavy atom. The molecule has 0 amide bonds. The molecule has 0 fully saturated rings. The second-order valence-corrected chi connectivity index (χ2v) is 7.54. The molecule has 0 saturated carbocycles. The molecular weight excluding hydrogens is 328 g/mol. The molecule has 2 N–H and O–H groups in total. The maximum atomic E-state index is 12.1. The molecule has 26 heavy (non-hydrogen) atoms. The Morgan fingerprint density at radius 2 is 1.81 bits per heavy atom. The summed E-state index contributed by atoms with van der Waals surface area (Å²) in [5.74, 6) is -1.02. The van der Waals surface area contributed by atoms with Gasteiger partial charge in [0.05, 0.1) is 5.60 Å². The third kappa shape index (κ3) is 3.48. The third-order valence-corrected chi connectivity index (χ3v) is 4.23. The lowest BCUT2D eigenvalue weighted by atomic mass is 9.92. The number of carboxylic acids is 1. The number of aromatic amines is 1. The number of hydrogen-bond donors (Lipinski definition) is 2. The molecule has 2 aromatic heterocycles. The van der Waals surface area contributed by atoms with E-state index in [4.69, 9.17) is 4.74 Å². The quantitative estimate of drug-likeness (QED) is 0.708. The fourth-order valence-corrected chi connectivity index (χ4v) is 3.15. The van der Waals surface area contributed by atoms with Crippen LogP contribution in [0, 0.1) is 13.8 Å². The first-order chi connectivity index (χ1) is 12.2. The van der Waals surface area contributed by atoms with Crippen LogP contribution in [0.2, 0.25) is 0 Å². The topological polar surface area (TPSA) is 75.2 Å². The van der Waals surface area contributed by atoms with E-state index in [0.717, 1.165) is 27.7 Å². The van der Waals surface area contributed by atoms with E-state index < -0.39 is 17.7 Å². The second-order valence-electron chi connectivity index (χ2n) is 7.54. The summed E-state index contributed by atoms with van der Waals surface area (Å²) in [6, 6.07) is 9.99. The number of benzene rings is 1. The van der Waals surface area contributed by atoms with Crippen LogP contribution < -0.4 is 0 Å². The summed E-state index contributed by atoms with van der Waals surface area (Å²) in [5.41, 5.74) is 4.33. The molecule has 1 atom stereocenters. The van der Waals surface area contributed by atoms with Crippen LogP contribution in [0.4, 0.5) is 0 Å². The number of carboxylic acid groups (broad SMARTS) is 1. The van der Waals surface area contributed by atoms with Crippen molar-refractivity contribution in [1.82, 2.24) is 9.97 Å². The second kappa shape index (κ2) is 6.57. The normalized spacial score (nSPS) is 13.1. The van der Waals surface area contributed by atoms with Gasteiger partial charge in [0.15, 0.2) is 6.10 Å². The van der Waals surface area contributed by atoms with Gasteiger partial charge in [0.1, 0.15) is 5.65 Å². The van der Waals surface area contributed by atoms with Gasteiger partial charge in [-0.15, -0.1) is 0 Å². The molecule has 0 saturated heterocycles. The van der Waals surface area contributed by atoms with E-state index in [9.17, 15) is 9.90 Å². The Kier molecular flexibility index (Phi) is 4.59. The zero-order valence-electron chi connectivity index (χ0n) is 15.8. The number of fused-ring (bicyclic) bond motifs is 1. The van der Waals surface area contributed by atoms with Gasteiger partial charge in [-0.25, -0.2) is 9.78 Å². The van der Waals surface area contributed by atoms with Crippen LogP contribution >= 0.6 is 0 Å². The number of H-pyrrole nitrogens is 1. The van der Waals surface area contributed by atoms with Crippen molar-refractivity contribution >= 4 is 17.0 Å². The van der Waals surface area contributed by atoms with Gasteiger partial charge in [-0.3, -0.25) is 0 Å². The van der Waals surface area contributed by atoms with Crippen LogP contribution in [-0.2, 0) is 9.53 Å². The van der Waals surface area contributed by atoms with Crippen LogP contribution in [0.15, 0.2) is 36.5 Å². The first kappa shape index (κ1) is 18.1. The molecule has 0 aliphatic carbocycles. The molecule has 0 bridgehead atoms. The maximum Gasteiger partial charge on any atom is 0.337 e. The lowest BCUT2D eigenvalue weighted by Crippen LogP contribution is -2.28. The highest BCUT2D eigenvalue weighted by atomic mass is 16.5. The Labute approximate surface area is 153 Å². The van der Waals surface area contributed by atoms with Gasteiger partial charge in [-0.2, -0.15) is 0 Å². The fourth-order valence-electron chi connectivity index (χ4n) is 3.15. The van der Waals surface area contributed by atoms with Gasteiger partial charge in [-0.1, -0.05) is 29.8 Å². The summed E-state index contributed by atoms with van der Waals surface area (Å²) in [7, 11) is 0. The molecular formula is C21H24N2O3. The van der Waals surface area contributed by atoms with E-state index >= 15 is 0 Å². The average molecular weight is 352 g/mol. The van der Waals surface area contributed by atoms with Gasteiger partial charge >= 0.3 is 5.97 Å². The first-order valence-corrected chi connectivity index (χ1v) is 8.62. The SMILES string of the molecule is Cc1ccc(-c2c(C(OC(C)(C)C)C(=O)O)c(C)nc3[nH]ccc23)cc1. The van der Waals surface area contributed by atoms with Crippen LogP contribution in [0.5, 0.6) is 0 Å². The maximum absolute atomic E-state index is 12.1. The van der Waals surface area contributed by atoms with Crippen molar-refractivity contribution in [2.45, 2.75) is 46.3 Å².